The van der Waals surface area contributed by atoms with Gasteiger partial charge in [-0.3, -0.25) is 9.59 Å². The van der Waals surface area contributed by atoms with Gasteiger partial charge in [0.25, 0.3) is 5.91 Å². The second-order valence-corrected chi connectivity index (χ2v) is 4.54. The zero-order valence-corrected chi connectivity index (χ0v) is 12.1. The first-order valence-electron chi connectivity index (χ1n) is 6.33. The number of hydrogen-bond acceptors (Lipinski definition) is 4. The molecule has 0 fully saturated rings. The Kier molecular flexibility index (Phi) is 5.99. The van der Waals surface area contributed by atoms with Gasteiger partial charge in [0.2, 0.25) is 5.91 Å². The van der Waals surface area contributed by atoms with E-state index in [0.717, 1.165) is 5.56 Å². The summed E-state index contributed by atoms with van der Waals surface area (Å²) >= 11 is 0. The highest BCUT2D eigenvalue weighted by atomic mass is 16.5. The number of nitrogens with two attached hydrogens (primary N) is 1. The zero-order chi connectivity index (χ0) is 15.1. The Morgan fingerprint density at radius 2 is 2.10 bits per heavy atom. The van der Waals surface area contributed by atoms with E-state index < -0.39 is 0 Å². The summed E-state index contributed by atoms with van der Waals surface area (Å²) in [4.78, 5) is 25.3. The van der Waals surface area contributed by atoms with Gasteiger partial charge in [-0.2, -0.15) is 0 Å². The first-order chi connectivity index (χ1) is 9.47. The maximum atomic E-state index is 12.3. The minimum absolute atomic E-state index is 0.0175. The zero-order valence-electron chi connectivity index (χ0n) is 12.1. The first-order valence-corrected chi connectivity index (χ1v) is 6.33. The van der Waals surface area contributed by atoms with Crippen molar-refractivity contribution in [3.63, 3.8) is 0 Å². The van der Waals surface area contributed by atoms with Crippen molar-refractivity contribution in [2.45, 2.75) is 6.92 Å². The van der Waals surface area contributed by atoms with Gasteiger partial charge in [0, 0.05) is 26.4 Å². The first kappa shape index (κ1) is 16.0. The van der Waals surface area contributed by atoms with Gasteiger partial charge in [0.1, 0.15) is 0 Å². The van der Waals surface area contributed by atoms with E-state index in [9.17, 15) is 9.59 Å². The molecule has 20 heavy (non-hydrogen) atoms. The predicted molar refractivity (Wildman–Crippen MR) is 77.4 cm³/mol. The largest absolute Gasteiger partial charge is 0.398 e. The molecule has 3 N–H and O–H groups in total. The summed E-state index contributed by atoms with van der Waals surface area (Å²) in [6.07, 6.45) is 0. The minimum Gasteiger partial charge on any atom is -0.398 e. The van der Waals surface area contributed by atoms with Gasteiger partial charge in [-0.25, -0.2) is 0 Å². The van der Waals surface area contributed by atoms with Crippen LogP contribution in [0, 0.1) is 6.92 Å². The summed E-state index contributed by atoms with van der Waals surface area (Å²) in [6, 6.07) is 5.28. The highest BCUT2D eigenvalue weighted by molar-refractivity contribution is 6.01. The lowest BCUT2D eigenvalue weighted by Gasteiger charge is -2.19. The van der Waals surface area contributed by atoms with Gasteiger partial charge in [-0.1, -0.05) is 12.1 Å². The van der Waals surface area contributed by atoms with Crippen LogP contribution in [0.1, 0.15) is 15.9 Å². The third-order valence-electron chi connectivity index (χ3n) is 2.87. The summed E-state index contributed by atoms with van der Waals surface area (Å²) in [5.41, 5.74) is 7.48. The van der Waals surface area contributed by atoms with E-state index in [0.29, 0.717) is 24.4 Å². The Morgan fingerprint density at radius 1 is 1.40 bits per heavy atom. The van der Waals surface area contributed by atoms with Crippen LogP contribution in [0.2, 0.25) is 0 Å². The van der Waals surface area contributed by atoms with E-state index in [-0.39, 0.29) is 18.4 Å². The number of carbonyl (C=O) groups excluding carboxylic acids is 2. The number of nitrogens with zero attached hydrogens (tertiary/aromatic N) is 1. The van der Waals surface area contributed by atoms with Crippen LogP contribution in [0.3, 0.4) is 0 Å². The smallest absolute Gasteiger partial charge is 0.256 e. The lowest BCUT2D eigenvalue weighted by Crippen LogP contribution is -2.39. The van der Waals surface area contributed by atoms with Crippen LogP contribution >= 0.6 is 0 Å². The minimum atomic E-state index is -0.262. The maximum absolute atomic E-state index is 12.3. The molecule has 0 saturated carbocycles. The molecule has 0 saturated heterocycles. The van der Waals surface area contributed by atoms with Crippen molar-refractivity contribution in [2.24, 2.45) is 0 Å². The van der Waals surface area contributed by atoms with E-state index in [1.54, 1.807) is 26.3 Å². The fourth-order valence-electron chi connectivity index (χ4n) is 1.81. The molecule has 1 aromatic rings. The summed E-state index contributed by atoms with van der Waals surface area (Å²) in [5, 5.41) is 2.66. The molecule has 0 aliphatic rings. The number of benzene rings is 1. The molecule has 0 spiro atoms. The van der Waals surface area contributed by atoms with E-state index in [2.05, 4.69) is 5.32 Å². The Bertz CT molecular complexity index is 468. The van der Waals surface area contributed by atoms with Crippen molar-refractivity contribution < 1.29 is 14.3 Å². The number of nitrogen functional groups attached to an aromatic ring is 1. The van der Waals surface area contributed by atoms with Crippen molar-refractivity contribution in [3.8, 4) is 0 Å². The molecule has 6 nitrogen and oxygen atoms in total. The van der Waals surface area contributed by atoms with E-state index in [4.69, 9.17) is 10.5 Å². The number of anilines is 1. The van der Waals surface area contributed by atoms with Crippen LogP contribution < -0.4 is 11.1 Å². The topological polar surface area (TPSA) is 84.7 Å². The van der Waals surface area contributed by atoms with Gasteiger partial charge in [-0.15, -0.1) is 0 Å². The maximum Gasteiger partial charge on any atom is 0.256 e. The molecule has 0 atom stereocenters. The lowest BCUT2D eigenvalue weighted by molar-refractivity contribution is -0.121. The summed E-state index contributed by atoms with van der Waals surface area (Å²) in [6.45, 7) is 2.66. The van der Waals surface area contributed by atoms with Crippen molar-refractivity contribution in [1.29, 1.82) is 0 Å². The van der Waals surface area contributed by atoms with Crippen LogP contribution in [0.15, 0.2) is 18.2 Å². The highest BCUT2D eigenvalue weighted by Gasteiger charge is 2.18. The number of aryl methyl sites for hydroxylation is 1. The van der Waals surface area contributed by atoms with E-state index in [1.807, 2.05) is 13.0 Å². The molecule has 6 heteroatoms. The molecule has 0 unspecified atom stereocenters. The van der Waals surface area contributed by atoms with Gasteiger partial charge < -0.3 is 20.7 Å². The SMILES string of the molecule is COCCNC(=O)CN(C)C(=O)c1c(C)cccc1N. The second kappa shape index (κ2) is 7.49. The van der Waals surface area contributed by atoms with Gasteiger partial charge in [-0.05, 0) is 18.6 Å². The molecular formula is C14H21N3O3. The summed E-state index contributed by atoms with van der Waals surface area (Å²) in [7, 11) is 3.13. The molecule has 0 radical (unpaired) electrons. The number of hydrogen-bond donors (Lipinski definition) is 2. The number of nitrogens with one attached hydrogen (secondary N) is 1. The van der Waals surface area contributed by atoms with Crippen LogP contribution in [-0.2, 0) is 9.53 Å². The molecule has 110 valence electrons. The third kappa shape index (κ3) is 4.24. The molecular weight excluding hydrogens is 258 g/mol. The number of carbonyl (C=O) groups is 2. The average molecular weight is 279 g/mol. The fourth-order valence-corrected chi connectivity index (χ4v) is 1.81. The fraction of sp³-hybridized carbons (Fsp3) is 0.429. The quantitative estimate of drug-likeness (QED) is 0.583. The molecule has 1 aromatic carbocycles. The van der Waals surface area contributed by atoms with Crippen LogP contribution in [0.25, 0.3) is 0 Å². The van der Waals surface area contributed by atoms with Gasteiger partial charge in [0.15, 0.2) is 0 Å². The van der Waals surface area contributed by atoms with Crippen LogP contribution in [-0.4, -0.2) is 50.6 Å². The Labute approximate surface area is 118 Å². The van der Waals surface area contributed by atoms with Crippen molar-refractivity contribution in [3.05, 3.63) is 29.3 Å². The molecule has 0 heterocycles. The standard InChI is InChI=1S/C14H21N3O3/c1-10-5-4-6-11(15)13(10)14(19)17(2)9-12(18)16-7-8-20-3/h4-6H,7-9,15H2,1-3H3,(H,16,18). The molecule has 0 aromatic heterocycles. The average Bonchev–Trinajstić information content (AvgIpc) is 2.38. The number of likely N-dealkylation sites (N-methyl/N-ethyl adjacent to an activating group) is 1. The Hall–Kier alpha value is -2.08. The van der Waals surface area contributed by atoms with Crippen molar-refractivity contribution in [1.82, 2.24) is 10.2 Å². The van der Waals surface area contributed by atoms with Gasteiger partial charge in [0.05, 0.1) is 18.7 Å². The number of ether oxygens (including phenoxy) is 1. The lowest BCUT2D eigenvalue weighted by atomic mass is 10.1. The number of amides is 2. The highest BCUT2D eigenvalue weighted by Crippen LogP contribution is 2.17. The molecule has 0 bridgehead atoms. The van der Waals surface area contributed by atoms with Crippen molar-refractivity contribution >= 4 is 17.5 Å². The predicted octanol–water partition coefficient (Wildman–Crippen LogP) is 0.412. The molecule has 2 amide bonds. The Morgan fingerprint density at radius 3 is 2.70 bits per heavy atom. The van der Waals surface area contributed by atoms with Crippen molar-refractivity contribution in [2.75, 3.05) is 39.6 Å². The van der Waals surface area contributed by atoms with Crippen LogP contribution in [0.5, 0.6) is 0 Å². The summed E-state index contributed by atoms with van der Waals surface area (Å²) in [5.74, 6) is -0.493. The molecule has 0 aliphatic heterocycles. The normalized spacial score (nSPS) is 10.2. The van der Waals surface area contributed by atoms with E-state index >= 15 is 0 Å². The molecule has 1 rings (SSSR count). The molecule has 0 aliphatic carbocycles. The second-order valence-electron chi connectivity index (χ2n) is 4.54. The number of rotatable bonds is 6. The number of methoxy groups -OCH3 is 1. The third-order valence-corrected chi connectivity index (χ3v) is 2.87. The van der Waals surface area contributed by atoms with Gasteiger partial charge >= 0.3 is 0 Å². The Balaban J connectivity index is 2.65. The monoisotopic (exact) mass is 279 g/mol. The van der Waals surface area contributed by atoms with Crippen LogP contribution in [0.4, 0.5) is 5.69 Å². The van der Waals surface area contributed by atoms with E-state index in [1.165, 1.54) is 4.90 Å². The summed E-state index contributed by atoms with van der Waals surface area (Å²) < 4.78 is 4.83.